The third-order valence-corrected chi connectivity index (χ3v) is 3.93. The lowest BCUT2D eigenvalue weighted by molar-refractivity contribution is 0.0652. The number of ether oxygens (including phenoxy) is 1. The van der Waals surface area contributed by atoms with Crippen molar-refractivity contribution in [2.24, 2.45) is 5.92 Å². The van der Waals surface area contributed by atoms with Crippen LogP contribution in [0, 0.1) is 12.8 Å². The Kier molecular flexibility index (Phi) is 3.71. The number of benzene rings is 1. The Morgan fingerprint density at radius 2 is 2.24 bits per heavy atom. The lowest BCUT2D eigenvalue weighted by Gasteiger charge is -2.12. The standard InChI is InChI=1S/C15H14BrNO4/c1-8-4-10(12-6-13(15(18)19)21-17-12)14(11(16)5-8)20-7-9-2-3-9/h4-6,9H,2-3,7H2,1H3,(H,18,19). The number of aromatic nitrogens is 1. The summed E-state index contributed by atoms with van der Waals surface area (Å²) in [6, 6.07) is 5.29. The molecule has 1 aliphatic rings. The molecule has 1 fully saturated rings. The van der Waals surface area contributed by atoms with Gasteiger partial charge in [0.2, 0.25) is 5.76 Å². The Balaban J connectivity index is 1.99. The highest BCUT2D eigenvalue weighted by atomic mass is 79.9. The number of carboxylic acid groups (broad SMARTS) is 1. The predicted octanol–water partition coefficient (Wildman–Crippen LogP) is 3.90. The Labute approximate surface area is 130 Å². The van der Waals surface area contributed by atoms with E-state index in [0.717, 1.165) is 15.6 Å². The van der Waals surface area contributed by atoms with Gasteiger partial charge < -0.3 is 14.4 Å². The molecule has 0 aliphatic heterocycles. The summed E-state index contributed by atoms with van der Waals surface area (Å²) in [5.41, 5.74) is 2.22. The second kappa shape index (κ2) is 5.52. The SMILES string of the molecule is Cc1cc(Br)c(OCC2CC2)c(-c2cc(C(=O)O)on2)c1. The molecule has 0 spiro atoms. The average Bonchev–Trinajstić information content (AvgIpc) is 3.11. The largest absolute Gasteiger partial charge is 0.491 e. The first kappa shape index (κ1) is 14.1. The van der Waals surface area contributed by atoms with Crippen LogP contribution in [0.5, 0.6) is 5.75 Å². The van der Waals surface area contributed by atoms with Crippen LogP contribution in [0.1, 0.15) is 29.0 Å². The second-order valence-electron chi connectivity index (χ2n) is 5.26. The molecule has 0 atom stereocenters. The molecule has 1 aromatic carbocycles. The molecule has 21 heavy (non-hydrogen) atoms. The van der Waals surface area contributed by atoms with Gasteiger partial charge in [-0.3, -0.25) is 0 Å². The first-order valence-electron chi connectivity index (χ1n) is 6.68. The summed E-state index contributed by atoms with van der Waals surface area (Å²) in [6.07, 6.45) is 2.40. The van der Waals surface area contributed by atoms with Crippen molar-refractivity contribution in [1.82, 2.24) is 5.16 Å². The molecule has 1 saturated carbocycles. The zero-order chi connectivity index (χ0) is 15.0. The average molecular weight is 352 g/mol. The van der Waals surface area contributed by atoms with Gasteiger partial charge in [0.1, 0.15) is 11.4 Å². The Morgan fingerprint density at radius 3 is 2.86 bits per heavy atom. The van der Waals surface area contributed by atoms with Gasteiger partial charge in [-0.1, -0.05) is 5.16 Å². The van der Waals surface area contributed by atoms with E-state index in [2.05, 4.69) is 21.1 Å². The van der Waals surface area contributed by atoms with Crippen molar-refractivity contribution in [3.05, 3.63) is 34.0 Å². The fourth-order valence-corrected chi connectivity index (χ4v) is 2.74. The summed E-state index contributed by atoms with van der Waals surface area (Å²) in [7, 11) is 0. The maximum atomic E-state index is 10.9. The molecule has 0 saturated heterocycles. The molecule has 1 N–H and O–H groups in total. The van der Waals surface area contributed by atoms with E-state index in [1.54, 1.807) is 0 Å². The number of carbonyl (C=O) groups is 1. The van der Waals surface area contributed by atoms with Gasteiger partial charge in [-0.2, -0.15) is 0 Å². The van der Waals surface area contributed by atoms with E-state index in [1.807, 2.05) is 19.1 Å². The van der Waals surface area contributed by atoms with Crippen LogP contribution in [-0.2, 0) is 0 Å². The molecule has 0 bridgehead atoms. The maximum Gasteiger partial charge on any atom is 0.374 e. The van der Waals surface area contributed by atoms with E-state index in [4.69, 9.17) is 14.4 Å². The molecule has 2 aromatic rings. The topological polar surface area (TPSA) is 72.6 Å². The molecule has 3 rings (SSSR count). The minimum Gasteiger partial charge on any atom is -0.491 e. The number of rotatable bonds is 5. The number of aromatic carboxylic acids is 1. The molecule has 1 heterocycles. The number of halogens is 1. The molecule has 6 heteroatoms. The van der Waals surface area contributed by atoms with E-state index in [0.29, 0.717) is 24.0 Å². The van der Waals surface area contributed by atoms with Crippen molar-refractivity contribution in [2.75, 3.05) is 6.61 Å². The number of hydrogen-bond acceptors (Lipinski definition) is 4. The van der Waals surface area contributed by atoms with E-state index in [9.17, 15) is 4.79 Å². The van der Waals surface area contributed by atoms with Crippen LogP contribution in [0.2, 0.25) is 0 Å². The van der Waals surface area contributed by atoms with Crippen LogP contribution >= 0.6 is 15.9 Å². The van der Waals surface area contributed by atoms with Gasteiger partial charge >= 0.3 is 5.97 Å². The molecule has 0 amide bonds. The van der Waals surface area contributed by atoms with E-state index < -0.39 is 5.97 Å². The Hall–Kier alpha value is -1.82. The van der Waals surface area contributed by atoms with Crippen molar-refractivity contribution >= 4 is 21.9 Å². The molecule has 1 aromatic heterocycles. The fraction of sp³-hybridized carbons (Fsp3) is 0.333. The molecule has 0 unspecified atom stereocenters. The van der Waals surface area contributed by atoms with E-state index >= 15 is 0 Å². The third-order valence-electron chi connectivity index (χ3n) is 3.35. The lowest BCUT2D eigenvalue weighted by Crippen LogP contribution is -2.01. The van der Waals surface area contributed by atoms with Gasteiger partial charge in [0.15, 0.2) is 0 Å². The first-order valence-corrected chi connectivity index (χ1v) is 7.47. The maximum absolute atomic E-state index is 10.9. The molecule has 1 aliphatic carbocycles. The van der Waals surface area contributed by atoms with Gasteiger partial charge in [0, 0.05) is 11.6 Å². The number of aryl methyl sites for hydroxylation is 1. The van der Waals surface area contributed by atoms with Gasteiger partial charge in [0.05, 0.1) is 11.1 Å². The fourth-order valence-electron chi connectivity index (χ4n) is 2.05. The number of nitrogens with zero attached hydrogens (tertiary/aromatic N) is 1. The highest BCUT2D eigenvalue weighted by Gasteiger charge is 2.24. The van der Waals surface area contributed by atoms with Crippen molar-refractivity contribution in [2.45, 2.75) is 19.8 Å². The molecular weight excluding hydrogens is 338 g/mol. The summed E-state index contributed by atoms with van der Waals surface area (Å²) in [4.78, 5) is 10.9. The Bertz CT molecular complexity index is 691. The minimum atomic E-state index is -1.14. The monoisotopic (exact) mass is 351 g/mol. The third kappa shape index (κ3) is 3.10. The van der Waals surface area contributed by atoms with Crippen molar-refractivity contribution < 1.29 is 19.2 Å². The summed E-state index contributed by atoms with van der Waals surface area (Å²) in [5, 5.41) is 12.8. The lowest BCUT2D eigenvalue weighted by atomic mass is 10.1. The van der Waals surface area contributed by atoms with Crippen molar-refractivity contribution in [3.8, 4) is 17.0 Å². The van der Waals surface area contributed by atoms with Gasteiger partial charge in [-0.25, -0.2) is 4.79 Å². The number of carboxylic acids is 1. The van der Waals surface area contributed by atoms with Gasteiger partial charge in [-0.15, -0.1) is 0 Å². The molecule has 0 radical (unpaired) electrons. The molecular formula is C15H14BrNO4. The van der Waals surface area contributed by atoms with Crippen LogP contribution in [0.4, 0.5) is 0 Å². The quantitative estimate of drug-likeness (QED) is 0.884. The van der Waals surface area contributed by atoms with Crippen LogP contribution in [-0.4, -0.2) is 22.8 Å². The van der Waals surface area contributed by atoms with Crippen molar-refractivity contribution in [1.29, 1.82) is 0 Å². The summed E-state index contributed by atoms with van der Waals surface area (Å²) < 4.78 is 11.6. The number of hydrogen-bond donors (Lipinski definition) is 1. The highest BCUT2D eigenvalue weighted by Crippen LogP contribution is 2.39. The van der Waals surface area contributed by atoms with Crippen LogP contribution in [0.3, 0.4) is 0 Å². The highest BCUT2D eigenvalue weighted by molar-refractivity contribution is 9.10. The van der Waals surface area contributed by atoms with Gasteiger partial charge in [-0.05, 0) is 59.3 Å². The summed E-state index contributed by atoms with van der Waals surface area (Å²) in [6.45, 7) is 2.62. The Morgan fingerprint density at radius 1 is 1.48 bits per heavy atom. The summed E-state index contributed by atoms with van der Waals surface area (Å²) in [5.74, 6) is -0.0210. The van der Waals surface area contributed by atoms with Gasteiger partial charge in [0.25, 0.3) is 0 Å². The first-order chi connectivity index (χ1) is 10.0. The second-order valence-corrected chi connectivity index (χ2v) is 6.11. The molecule has 110 valence electrons. The molecule has 5 nitrogen and oxygen atoms in total. The zero-order valence-electron chi connectivity index (χ0n) is 11.4. The van der Waals surface area contributed by atoms with E-state index in [1.165, 1.54) is 18.9 Å². The predicted molar refractivity (Wildman–Crippen MR) is 79.6 cm³/mol. The normalized spacial score (nSPS) is 14.2. The van der Waals surface area contributed by atoms with Crippen LogP contribution < -0.4 is 4.74 Å². The minimum absolute atomic E-state index is 0.184. The van der Waals surface area contributed by atoms with Crippen LogP contribution in [0.25, 0.3) is 11.3 Å². The zero-order valence-corrected chi connectivity index (χ0v) is 13.0. The van der Waals surface area contributed by atoms with Crippen molar-refractivity contribution in [3.63, 3.8) is 0 Å². The van der Waals surface area contributed by atoms with E-state index in [-0.39, 0.29) is 5.76 Å². The smallest absolute Gasteiger partial charge is 0.374 e. The summed E-state index contributed by atoms with van der Waals surface area (Å²) >= 11 is 3.50. The van der Waals surface area contributed by atoms with Crippen LogP contribution in [0.15, 0.2) is 27.2 Å².